The second-order valence-corrected chi connectivity index (χ2v) is 6.12. The second kappa shape index (κ2) is 7.83. The van der Waals surface area contributed by atoms with Gasteiger partial charge in [0.15, 0.2) is 0 Å². The number of allylic oxidation sites excluding steroid dienone is 1. The third-order valence-corrected chi connectivity index (χ3v) is 4.27. The van der Waals surface area contributed by atoms with E-state index in [1.807, 2.05) is 0 Å². The summed E-state index contributed by atoms with van der Waals surface area (Å²) in [6.07, 6.45) is 7.99. The fraction of sp³-hybridized carbons (Fsp3) is 0.875. The molecule has 0 atom stereocenters. The van der Waals surface area contributed by atoms with Gasteiger partial charge in [-0.3, -0.25) is 4.90 Å². The first-order chi connectivity index (χ1) is 8.56. The molecule has 0 bridgehead atoms. The minimum absolute atomic E-state index is 0.107. The van der Waals surface area contributed by atoms with Gasteiger partial charge in [-0.2, -0.15) is 0 Å². The van der Waals surface area contributed by atoms with E-state index in [1.165, 1.54) is 45.2 Å². The third-order valence-electron chi connectivity index (χ3n) is 4.27. The molecule has 1 fully saturated rings. The molecule has 0 unspecified atom stereocenters. The molecular formula is C16H31NO. The van der Waals surface area contributed by atoms with Crippen LogP contribution in [-0.4, -0.2) is 31.1 Å². The van der Waals surface area contributed by atoms with Crippen LogP contribution in [-0.2, 0) is 4.74 Å². The number of rotatable bonds is 6. The SMILES string of the molecule is C=C(OCCN1CCCCCCC1)C(C)(C)CC. The lowest BCUT2D eigenvalue weighted by molar-refractivity contribution is 0.111. The van der Waals surface area contributed by atoms with E-state index in [4.69, 9.17) is 4.74 Å². The molecule has 1 saturated heterocycles. The fourth-order valence-corrected chi connectivity index (χ4v) is 2.23. The van der Waals surface area contributed by atoms with Gasteiger partial charge in [-0.05, 0) is 32.4 Å². The summed E-state index contributed by atoms with van der Waals surface area (Å²) in [6, 6.07) is 0. The Morgan fingerprint density at radius 3 is 2.22 bits per heavy atom. The van der Waals surface area contributed by atoms with Crippen molar-refractivity contribution < 1.29 is 4.74 Å². The van der Waals surface area contributed by atoms with E-state index in [2.05, 4.69) is 32.3 Å². The van der Waals surface area contributed by atoms with Gasteiger partial charge in [0.25, 0.3) is 0 Å². The van der Waals surface area contributed by atoms with E-state index in [0.717, 1.165) is 25.3 Å². The van der Waals surface area contributed by atoms with Crippen LogP contribution < -0.4 is 0 Å². The third kappa shape index (κ3) is 5.43. The summed E-state index contributed by atoms with van der Waals surface area (Å²) in [6.45, 7) is 15.0. The molecule has 2 heteroatoms. The molecule has 0 radical (unpaired) electrons. The first-order valence-electron chi connectivity index (χ1n) is 7.61. The van der Waals surface area contributed by atoms with E-state index in [9.17, 15) is 0 Å². The number of likely N-dealkylation sites (tertiary alicyclic amines) is 1. The van der Waals surface area contributed by atoms with Crippen molar-refractivity contribution in [2.24, 2.45) is 5.41 Å². The van der Waals surface area contributed by atoms with Crippen molar-refractivity contribution in [2.45, 2.75) is 59.3 Å². The maximum absolute atomic E-state index is 5.84. The lowest BCUT2D eigenvalue weighted by atomic mass is 9.88. The van der Waals surface area contributed by atoms with Gasteiger partial charge < -0.3 is 4.74 Å². The Bertz CT molecular complexity index is 239. The number of hydrogen-bond acceptors (Lipinski definition) is 2. The maximum atomic E-state index is 5.84. The van der Waals surface area contributed by atoms with Crippen LogP contribution in [0.15, 0.2) is 12.3 Å². The molecule has 0 aromatic heterocycles. The van der Waals surface area contributed by atoms with Crippen LogP contribution in [0, 0.1) is 5.41 Å². The molecule has 1 aliphatic rings. The predicted octanol–water partition coefficient (Wildman–Crippen LogP) is 4.22. The van der Waals surface area contributed by atoms with Gasteiger partial charge in [0.1, 0.15) is 6.61 Å². The summed E-state index contributed by atoms with van der Waals surface area (Å²) < 4.78 is 5.84. The van der Waals surface area contributed by atoms with Crippen molar-refractivity contribution in [3.63, 3.8) is 0 Å². The van der Waals surface area contributed by atoms with Crippen LogP contribution in [0.2, 0.25) is 0 Å². The number of nitrogens with zero attached hydrogens (tertiary/aromatic N) is 1. The predicted molar refractivity (Wildman–Crippen MR) is 78.7 cm³/mol. The van der Waals surface area contributed by atoms with Crippen molar-refractivity contribution in [1.29, 1.82) is 0 Å². The van der Waals surface area contributed by atoms with Gasteiger partial charge in [0.2, 0.25) is 0 Å². The summed E-state index contributed by atoms with van der Waals surface area (Å²) >= 11 is 0. The van der Waals surface area contributed by atoms with Gasteiger partial charge in [0.05, 0.1) is 5.76 Å². The molecular weight excluding hydrogens is 222 g/mol. The molecule has 1 aliphatic heterocycles. The summed E-state index contributed by atoms with van der Waals surface area (Å²) in [5.41, 5.74) is 0.107. The summed E-state index contributed by atoms with van der Waals surface area (Å²) in [5, 5.41) is 0. The average Bonchev–Trinajstić information content (AvgIpc) is 2.31. The van der Waals surface area contributed by atoms with E-state index in [-0.39, 0.29) is 5.41 Å². The van der Waals surface area contributed by atoms with Gasteiger partial charge >= 0.3 is 0 Å². The van der Waals surface area contributed by atoms with E-state index >= 15 is 0 Å². The first kappa shape index (κ1) is 15.6. The Kier molecular flexibility index (Phi) is 6.77. The zero-order valence-corrected chi connectivity index (χ0v) is 12.6. The molecule has 0 N–H and O–H groups in total. The Balaban J connectivity index is 2.21. The van der Waals surface area contributed by atoms with Crippen molar-refractivity contribution in [2.75, 3.05) is 26.2 Å². The minimum atomic E-state index is 0.107. The largest absolute Gasteiger partial charge is 0.497 e. The molecule has 106 valence electrons. The Morgan fingerprint density at radius 2 is 1.67 bits per heavy atom. The Morgan fingerprint density at radius 1 is 1.11 bits per heavy atom. The topological polar surface area (TPSA) is 12.5 Å². The van der Waals surface area contributed by atoms with Crippen LogP contribution in [0.25, 0.3) is 0 Å². The van der Waals surface area contributed by atoms with Gasteiger partial charge in [-0.1, -0.05) is 46.6 Å². The van der Waals surface area contributed by atoms with E-state index in [0.29, 0.717) is 0 Å². The normalized spacial score (nSPS) is 19.1. The molecule has 1 rings (SSSR count). The van der Waals surface area contributed by atoms with Crippen molar-refractivity contribution >= 4 is 0 Å². The average molecular weight is 253 g/mol. The van der Waals surface area contributed by atoms with Crippen LogP contribution in [0.4, 0.5) is 0 Å². The molecule has 1 heterocycles. The second-order valence-electron chi connectivity index (χ2n) is 6.12. The zero-order valence-electron chi connectivity index (χ0n) is 12.6. The Labute approximate surface area is 113 Å². The monoisotopic (exact) mass is 253 g/mol. The summed E-state index contributed by atoms with van der Waals surface area (Å²) in [4.78, 5) is 2.55. The van der Waals surface area contributed by atoms with Crippen molar-refractivity contribution in [3.8, 4) is 0 Å². The molecule has 0 aliphatic carbocycles. The van der Waals surface area contributed by atoms with Crippen molar-refractivity contribution in [3.05, 3.63) is 12.3 Å². The zero-order chi connectivity index (χ0) is 13.4. The molecule has 0 amide bonds. The molecule has 0 aromatic carbocycles. The maximum Gasteiger partial charge on any atom is 0.100 e. The van der Waals surface area contributed by atoms with Gasteiger partial charge in [-0.15, -0.1) is 0 Å². The van der Waals surface area contributed by atoms with Gasteiger partial charge in [0, 0.05) is 12.0 Å². The minimum Gasteiger partial charge on any atom is -0.497 e. The smallest absolute Gasteiger partial charge is 0.100 e. The highest BCUT2D eigenvalue weighted by Gasteiger charge is 2.20. The van der Waals surface area contributed by atoms with E-state index < -0.39 is 0 Å². The molecule has 0 saturated carbocycles. The lowest BCUT2D eigenvalue weighted by Gasteiger charge is -2.28. The highest BCUT2D eigenvalue weighted by atomic mass is 16.5. The molecule has 2 nitrogen and oxygen atoms in total. The van der Waals surface area contributed by atoms with E-state index in [1.54, 1.807) is 0 Å². The Hall–Kier alpha value is -0.500. The fourth-order valence-electron chi connectivity index (χ4n) is 2.23. The van der Waals surface area contributed by atoms with Gasteiger partial charge in [-0.25, -0.2) is 0 Å². The number of hydrogen-bond donors (Lipinski definition) is 0. The van der Waals surface area contributed by atoms with Crippen LogP contribution in [0.1, 0.15) is 59.3 Å². The van der Waals surface area contributed by atoms with Crippen molar-refractivity contribution in [1.82, 2.24) is 4.90 Å². The lowest BCUT2D eigenvalue weighted by Crippen LogP contribution is -2.31. The van der Waals surface area contributed by atoms with Crippen LogP contribution >= 0.6 is 0 Å². The summed E-state index contributed by atoms with van der Waals surface area (Å²) in [5.74, 6) is 0.942. The van der Waals surface area contributed by atoms with Crippen LogP contribution in [0.5, 0.6) is 0 Å². The standard InChI is InChI=1S/C16H31NO/c1-5-16(3,4)15(2)18-14-13-17-11-9-7-6-8-10-12-17/h2,5-14H2,1,3-4H3. The summed E-state index contributed by atoms with van der Waals surface area (Å²) in [7, 11) is 0. The molecule has 18 heavy (non-hydrogen) atoms. The highest BCUT2D eigenvalue weighted by molar-refractivity contribution is 4.97. The molecule has 0 spiro atoms. The first-order valence-corrected chi connectivity index (χ1v) is 7.61. The quantitative estimate of drug-likeness (QED) is 0.657. The molecule has 0 aromatic rings. The van der Waals surface area contributed by atoms with Crippen LogP contribution in [0.3, 0.4) is 0 Å². The number of ether oxygens (including phenoxy) is 1. The highest BCUT2D eigenvalue weighted by Crippen LogP contribution is 2.29.